The van der Waals surface area contributed by atoms with Crippen molar-refractivity contribution in [2.75, 3.05) is 18.9 Å². The predicted octanol–water partition coefficient (Wildman–Crippen LogP) is 0.745. The summed E-state index contributed by atoms with van der Waals surface area (Å²) in [5, 5.41) is 9.34. The van der Waals surface area contributed by atoms with Crippen LogP contribution in [0.1, 0.15) is 19.9 Å². The van der Waals surface area contributed by atoms with E-state index >= 15 is 0 Å². The minimum absolute atomic E-state index is 0.00760. The minimum atomic E-state index is -0.220. The van der Waals surface area contributed by atoms with Crippen LogP contribution in [0.3, 0.4) is 0 Å². The lowest BCUT2D eigenvalue weighted by atomic mass is 10.4. The molecule has 0 fully saturated rings. The van der Waals surface area contributed by atoms with E-state index in [0.717, 1.165) is 0 Å². The molecule has 1 amide bonds. The van der Waals surface area contributed by atoms with E-state index in [-0.39, 0.29) is 24.1 Å². The van der Waals surface area contributed by atoms with Crippen molar-refractivity contribution in [3.8, 4) is 0 Å². The Bertz CT molecular complexity index is 470. The first-order chi connectivity index (χ1) is 7.97. The van der Waals surface area contributed by atoms with Crippen LogP contribution in [0.5, 0.6) is 0 Å². The summed E-state index contributed by atoms with van der Waals surface area (Å²) in [7, 11) is 1.55. The summed E-state index contributed by atoms with van der Waals surface area (Å²) in [6, 6.07) is -0.00760. The van der Waals surface area contributed by atoms with Crippen LogP contribution in [-0.4, -0.2) is 29.3 Å². The van der Waals surface area contributed by atoms with Crippen LogP contribution < -0.4 is 16.2 Å². The Kier molecular flexibility index (Phi) is 4.68. The van der Waals surface area contributed by atoms with Crippen LogP contribution in [0, 0.1) is 0 Å². The Morgan fingerprint density at radius 2 is 2.24 bits per heavy atom. The maximum absolute atomic E-state index is 11.9. The largest absolute Gasteiger partial charge is 0.374 e. The molecule has 7 heteroatoms. The number of anilines is 1. The maximum Gasteiger partial charge on any atom is 0.283 e. The number of halogens is 1. The monoisotopic (exact) mass is 302 g/mol. The normalized spacial score (nSPS) is 10.4. The Balaban J connectivity index is 2.93. The van der Waals surface area contributed by atoms with Gasteiger partial charge in [0.1, 0.15) is 4.47 Å². The third kappa shape index (κ3) is 3.29. The summed E-state index contributed by atoms with van der Waals surface area (Å²) in [4.78, 5) is 22.9. The quantitative estimate of drug-likeness (QED) is 0.860. The average molecular weight is 303 g/mol. The van der Waals surface area contributed by atoms with Gasteiger partial charge in [-0.2, -0.15) is 5.10 Å². The van der Waals surface area contributed by atoms with Crippen molar-refractivity contribution >= 4 is 27.5 Å². The molecule has 0 atom stereocenters. The standard InChI is InChI=1S/C10H15BrN4O2/c1-6(2)15-10(17)9(11)7(4-14-15)13-5-8(16)12-3/h4,6,13H,5H2,1-3H3,(H,12,16). The molecule has 17 heavy (non-hydrogen) atoms. The molecule has 0 saturated heterocycles. The van der Waals surface area contributed by atoms with E-state index in [2.05, 4.69) is 31.7 Å². The number of nitrogens with one attached hydrogen (secondary N) is 2. The van der Waals surface area contributed by atoms with Crippen molar-refractivity contribution in [2.45, 2.75) is 19.9 Å². The van der Waals surface area contributed by atoms with Crippen molar-refractivity contribution in [3.05, 3.63) is 21.0 Å². The summed E-state index contributed by atoms with van der Waals surface area (Å²) < 4.78 is 1.75. The lowest BCUT2D eigenvalue weighted by molar-refractivity contribution is -0.118. The first kappa shape index (κ1) is 13.7. The van der Waals surface area contributed by atoms with Crippen molar-refractivity contribution in [2.24, 2.45) is 0 Å². The molecule has 0 bridgehead atoms. The zero-order valence-corrected chi connectivity index (χ0v) is 11.5. The maximum atomic E-state index is 11.9. The fourth-order valence-corrected chi connectivity index (χ4v) is 1.62. The number of likely N-dealkylation sites (N-methyl/N-ethyl adjacent to an activating group) is 1. The van der Waals surface area contributed by atoms with E-state index in [1.54, 1.807) is 7.05 Å². The van der Waals surface area contributed by atoms with Crippen LogP contribution in [0.15, 0.2) is 15.5 Å². The van der Waals surface area contributed by atoms with Gasteiger partial charge in [0.05, 0.1) is 24.5 Å². The second-order valence-electron chi connectivity index (χ2n) is 3.74. The number of amides is 1. The van der Waals surface area contributed by atoms with E-state index in [4.69, 9.17) is 0 Å². The van der Waals surface area contributed by atoms with Gasteiger partial charge in [-0.15, -0.1) is 0 Å². The summed E-state index contributed by atoms with van der Waals surface area (Å²) >= 11 is 3.20. The Morgan fingerprint density at radius 3 is 2.76 bits per heavy atom. The molecule has 0 aliphatic rings. The van der Waals surface area contributed by atoms with Crippen LogP contribution in [0.2, 0.25) is 0 Å². The zero-order chi connectivity index (χ0) is 13.0. The minimum Gasteiger partial charge on any atom is -0.374 e. The Hall–Kier alpha value is -1.37. The van der Waals surface area contributed by atoms with Crippen molar-refractivity contribution < 1.29 is 4.79 Å². The number of carbonyl (C=O) groups is 1. The highest BCUT2D eigenvalue weighted by Gasteiger charge is 2.11. The Labute approximate surface area is 108 Å². The average Bonchev–Trinajstić information content (AvgIpc) is 2.30. The predicted molar refractivity (Wildman–Crippen MR) is 69.1 cm³/mol. The molecule has 2 N–H and O–H groups in total. The highest BCUT2D eigenvalue weighted by atomic mass is 79.9. The van der Waals surface area contributed by atoms with Gasteiger partial charge >= 0.3 is 0 Å². The smallest absolute Gasteiger partial charge is 0.283 e. The highest BCUT2D eigenvalue weighted by Crippen LogP contribution is 2.16. The summed E-state index contributed by atoms with van der Waals surface area (Å²) in [6.45, 7) is 3.85. The molecule has 0 aliphatic heterocycles. The molecule has 0 saturated carbocycles. The van der Waals surface area contributed by atoms with Gasteiger partial charge in [-0.05, 0) is 29.8 Å². The van der Waals surface area contributed by atoms with Crippen LogP contribution in [0.4, 0.5) is 5.69 Å². The molecule has 0 spiro atoms. The van der Waals surface area contributed by atoms with Gasteiger partial charge in [0.25, 0.3) is 5.56 Å². The molecule has 94 valence electrons. The second-order valence-corrected chi connectivity index (χ2v) is 4.54. The Morgan fingerprint density at radius 1 is 1.59 bits per heavy atom. The molecule has 0 aromatic carbocycles. The van der Waals surface area contributed by atoms with Crippen LogP contribution >= 0.6 is 15.9 Å². The summed E-state index contributed by atoms with van der Waals surface area (Å²) in [6.07, 6.45) is 1.52. The number of carbonyl (C=O) groups excluding carboxylic acids is 1. The molecule has 0 radical (unpaired) electrons. The molecule has 0 aliphatic carbocycles. The number of hydrogen-bond donors (Lipinski definition) is 2. The number of hydrogen-bond acceptors (Lipinski definition) is 4. The van der Waals surface area contributed by atoms with Gasteiger partial charge in [0, 0.05) is 7.05 Å². The second kappa shape index (κ2) is 5.81. The van der Waals surface area contributed by atoms with E-state index in [1.807, 2.05) is 13.8 Å². The number of nitrogens with zero attached hydrogens (tertiary/aromatic N) is 2. The third-order valence-corrected chi connectivity index (χ3v) is 2.92. The molecular formula is C10H15BrN4O2. The molecule has 1 aromatic rings. The van der Waals surface area contributed by atoms with Crippen LogP contribution in [0.25, 0.3) is 0 Å². The van der Waals surface area contributed by atoms with Crippen molar-refractivity contribution in [3.63, 3.8) is 0 Å². The highest BCUT2D eigenvalue weighted by molar-refractivity contribution is 9.10. The van der Waals surface area contributed by atoms with Gasteiger partial charge in [-0.25, -0.2) is 4.68 Å². The van der Waals surface area contributed by atoms with Gasteiger partial charge in [0.2, 0.25) is 5.91 Å². The molecule has 0 unspecified atom stereocenters. The lowest BCUT2D eigenvalue weighted by Gasteiger charge is -2.11. The molecule has 1 rings (SSSR count). The topological polar surface area (TPSA) is 76.0 Å². The molecule has 1 heterocycles. The SMILES string of the molecule is CNC(=O)CNc1cnn(C(C)C)c(=O)c1Br. The lowest BCUT2D eigenvalue weighted by Crippen LogP contribution is -2.29. The van der Waals surface area contributed by atoms with Crippen LogP contribution in [-0.2, 0) is 4.79 Å². The first-order valence-electron chi connectivity index (χ1n) is 5.19. The zero-order valence-electron chi connectivity index (χ0n) is 9.95. The van der Waals surface area contributed by atoms with E-state index < -0.39 is 0 Å². The number of rotatable bonds is 4. The summed E-state index contributed by atoms with van der Waals surface area (Å²) in [5.41, 5.74) is 0.289. The summed E-state index contributed by atoms with van der Waals surface area (Å²) in [5.74, 6) is -0.162. The van der Waals surface area contributed by atoms with Gasteiger partial charge in [-0.1, -0.05) is 0 Å². The van der Waals surface area contributed by atoms with Gasteiger partial charge in [-0.3, -0.25) is 9.59 Å². The van der Waals surface area contributed by atoms with Crippen molar-refractivity contribution in [1.82, 2.24) is 15.1 Å². The molecule has 6 nitrogen and oxygen atoms in total. The third-order valence-electron chi connectivity index (χ3n) is 2.15. The molecular weight excluding hydrogens is 288 g/mol. The van der Waals surface area contributed by atoms with Gasteiger partial charge in [0.15, 0.2) is 0 Å². The fraction of sp³-hybridized carbons (Fsp3) is 0.500. The van der Waals surface area contributed by atoms with E-state index in [0.29, 0.717) is 10.2 Å². The van der Waals surface area contributed by atoms with Crippen molar-refractivity contribution in [1.29, 1.82) is 0 Å². The van der Waals surface area contributed by atoms with Gasteiger partial charge < -0.3 is 10.6 Å². The van der Waals surface area contributed by atoms with E-state index in [1.165, 1.54) is 10.9 Å². The number of aromatic nitrogens is 2. The first-order valence-corrected chi connectivity index (χ1v) is 5.98. The van der Waals surface area contributed by atoms with E-state index in [9.17, 15) is 9.59 Å². The fourth-order valence-electron chi connectivity index (χ4n) is 1.20. The molecule has 1 aromatic heterocycles.